The van der Waals surface area contributed by atoms with Gasteiger partial charge < -0.3 is 10.1 Å². The van der Waals surface area contributed by atoms with Gasteiger partial charge in [-0.2, -0.15) is 0 Å². The number of rotatable bonds is 14. The highest BCUT2D eigenvalue weighted by Gasteiger charge is 2.17. The van der Waals surface area contributed by atoms with Crippen LogP contribution in [0.4, 0.5) is 0 Å². The van der Waals surface area contributed by atoms with Gasteiger partial charge in [-0.15, -0.1) is 11.3 Å². The number of fused-ring (bicyclic) bond motifs is 1. The second kappa shape index (κ2) is 14.7. The number of allylic oxidation sites excluding steroid dienone is 4. The molecular formula is C32H40N2O2S. The van der Waals surface area contributed by atoms with E-state index in [1.165, 1.54) is 5.56 Å². The van der Waals surface area contributed by atoms with Gasteiger partial charge in [0.2, 0.25) is 0 Å². The van der Waals surface area contributed by atoms with E-state index in [-0.39, 0.29) is 5.91 Å². The third kappa shape index (κ3) is 7.98. The number of thiazole rings is 1. The molecule has 4 nitrogen and oxygen atoms in total. The van der Waals surface area contributed by atoms with Gasteiger partial charge in [-0.05, 0) is 73.9 Å². The summed E-state index contributed by atoms with van der Waals surface area (Å²) in [5, 5.41) is 3.98. The summed E-state index contributed by atoms with van der Waals surface area (Å²) in [6, 6.07) is 14.5. The summed E-state index contributed by atoms with van der Waals surface area (Å²) in [6.07, 6.45) is 10.8. The molecule has 0 aliphatic rings. The molecule has 0 aliphatic carbocycles. The second-order valence-corrected chi connectivity index (χ2v) is 10.3. The molecule has 37 heavy (non-hydrogen) atoms. The van der Waals surface area contributed by atoms with E-state index >= 15 is 0 Å². The lowest BCUT2D eigenvalue weighted by Crippen LogP contribution is -2.23. The SMILES string of the molecule is C=C(CC)C(=CC=CC)NC(=O)c1cccc2sc(-c3cccc(CC(CC)CCOCCC)c3)nc12. The highest BCUT2D eigenvalue weighted by Crippen LogP contribution is 2.33. The van der Waals surface area contributed by atoms with Crippen LogP contribution in [0.15, 0.2) is 78.5 Å². The molecule has 1 N–H and O–H groups in total. The minimum Gasteiger partial charge on any atom is -0.381 e. The molecule has 196 valence electrons. The van der Waals surface area contributed by atoms with Crippen LogP contribution in [0, 0.1) is 5.92 Å². The van der Waals surface area contributed by atoms with Gasteiger partial charge in [0.25, 0.3) is 5.91 Å². The summed E-state index contributed by atoms with van der Waals surface area (Å²) in [6.45, 7) is 14.1. The number of hydrogen-bond acceptors (Lipinski definition) is 4. The molecule has 1 aromatic heterocycles. The van der Waals surface area contributed by atoms with Crippen LogP contribution in [0.3, 0.4) is 0 Å². The first kappa shape index (κ1) is 28.5. The molecule has 1 amide bonds. The summed E-state index contributed by atoms with van der Waals surface area (Å²) in [5.74, 6) is 0.429. The standard InChI is InChI=1S/C32H40N2O2S/c1-6-10-16-28(23(5)8-3)33-31(35)27-15-12-17-29-30(27)34-32(37-29)26-14-11-13-25(22-26)21-24(9-4)18-20-36-19-7-2/h6,10-17,22,24H,5,7-9,18-21H2,1-4H3,(H,33,35). The number of nitrogens with zero attached hydrogens (tertiary/aromatic N) is 1. The van der Waals surface area contributed by atoms with Gasteiger partial charge >= 0.3 is 0 Å². The molecule has 1 heterocycles. The Morgan fingerprint density at radius 3 is 2.70 bits per heavy atom. The van der Waals surface area contributed by atoms with Crippen molar-refractivity contribution < 1.29 is 9.53 Å². The number of para-hydroxylation sites is 1. The largest absolute Gasteiger partial charge is 0.381 e. The van der Waals surface area contributed by atoms with Crippen molar-refractivity contribution in [3.05, 3.63) is 89.7 Å². The van der Waals surface area contributed by atoms with Crippen molar-refractivity contribution in [2.75, 3.05) is 13.2 Å². The minimum atomic E-state index is -0.169. The molecule has 0 fully saturated rings. The average Bonchev–Trinajstić information content (AvgIpc) is 3.37. The molecule has 0 saturated carbocycles. The van der Waals surface area contributed by atoms with Gasteiger partial charge in [-0.1, -0.05) is 70.2 Å². The Labute approximate surface area is 226 Å². The summed E-state index contributed by atoms with van der Waals surface area (Å²) in [7, 11) is 0. The Balaban J connectivity index is 1.83. The van der Waals surface area contributed by atoms with Crippen LogP contribution in [0.25, 0.3) is 20.8 Å². The second-order valence-electron chi connectivity index (χ2n) is 9.27. The Bertz CT molecular complexity index is 1250. The lowest BCUT2D eigenvalue weighted by molar-refractivity contribution is 0.0968. The topological polar surface area (TPSA) is 51.2 Å². The number of aromatic nitrogens is 1. The zero-order valence-corrected chi connectivity index (χ0v) is 23.5. The van der Waals surface area contributed by atoms with Crippen LogP contribution in [-0.4, -0.2) is 24.1 Å². The Hall–Kier alpha value is -3.02. The minimum absolute atomic E-state index is 0.169. The summed E-state index contributed by atoms with van der Waals surface area (Å²) in [5.41, 5.74) is 5.33. The molecule has 2 aromatic carbocycles. The highest BCUT2D eigenvalue weighted by molar-refractivity contribution is 7.21. The van der Waals surface area contributed by atoms with Crippen LogP contribution >= 0.6 is 11.3 Å². The molecule has 5 heteroatoms. The predicted molar refractivity (Wildman–Crippen MR) is 158 cm³/mol. The lowest BCUT2D eigenvalue weighted by Gasteiger charge is -2.15. The van der Waals surface area contributed by atoms with Gasteiger partial charge in [0, 0.05) is 24.5 Å². The summed E-state index contributed by atoms with van der Waals surface area (Å²) in [4.78, 5) is 18.2. The van der Waals surface area contributed by atoms with Crippen molar-refractivity contribution in [2.24, 2.45) is 5.92 Å². The fourth-order valence-electron chi connectivity index (χ4n) is 4.19. The van der Waals surface area contributed by atoms with Gasteiger partial charge in [0.05, 0.1) is 15.8 Å². The first-order valence-electron chi connectivity index (χ1n) is 13.4. The molecule has 1 unspecified atom stereocenters. The fourth-order valence-corrected chi connectivity index (χ4v) is 5.18. The first-order chi connectivity index (χ1) is 18.0. The van der Waals surface area contributed by atoms with Crippen molar-refractivity contribution >= 4 is 27.5 Å². The normalized spacial score (nSPS) is 12.8. The maximum Gasteiger partial charge on any atom is 0.257 e. The fraction of sp³-hybridized carbons (Fsp3) is 0.375. The maximum atomic E-state index is 13.3. The molecule has 0 bridgehead atoms. The van der Waals surface area contributed by atoms with Crippen LogP contribution in [0.1, 0.15) is 69.3 Å². The Morgan fingerprint density at radius 2 is 1.97 bits per heavy atom. The predicted octanol–water partition coefficient (Wildman–Crippen LogP) is 8.50. The van der Waals surface area contributed by atoms with Crippen LogP contribution in [0.2, 0.25) is 0 Å². The number of amides is 1. The van der Waals surface area contributed by atoms with Crippen LogP contribution < -0.4 is 5.32 Å². The molecule has 0 spiro atoms. The number of ether oxygens (including phenoxy) is 1. The van der Waals surface area contributed by atoms with Crippen molar-refractivity contribution in [1.29, 1.82) is 0 Å². The van der Waals surface area contributed by atoms with E-state index < -0.39 is 0 Å². The highest BCUT2D eigenvalue weighted by atomic mass is 32.1. The van der Waals surface area contributed by atoms with E-state index in [1.54, 1.807) is 11.3 Å². The van der Waals surface area contributed by atoms with Crippen molar-refractivity contribution in [2.45, 2.75) is 59.8 Å². The molecule has 3 aromatic rings. The Kier molecular flexibility index (Phi) is 11.3. The molecule has 0 aliphatic heterocycles. The van der Waals surface area contributed by atoms with Crippen molar-refractivity contribution in [3.63, 3.8) is 0 Å². The number of hydrogen-bond donors (Lipinski definition) is 1. The van der Waals surface area contributed by atoms with E-state index in [0.29, 0.717) is 11.5 Å². The number of nitrogens with one attached hydrogen (secondary N) is 1. The molecule has 1 atom stereocenters. The van der Waals surface area contributed by atoms with E-state index in [9.17, 15) is 4.79 Å². The van der Waals surface area contributed by atoms with E-state index in [0.717, 1.165) is 77.4 Å². The Morgan fingerprint density at radius 1 is 1.16 bits per heavy atom. The van der Waals surface area contributed by atoms with E-state index in [4.69, 9.17) is 9.72 Å². The lowest BCUT2D eigenvalue weighted by atomic mass is 9.93. The molecule has 0 saturated heterocycles. The van der Waals surface area contributed by atoms with Gasteiger partial charge in [-0.25, -0.2) is 4.98 Å². The number of benzene rings is 2. The summed E-state index contributed by atoms with van der Waals surface area (Å²) >= 11 is 1.62. The van der Waals surface area contributed by atoms with E-state index in [1.807, 2.05) is 50.3 Å². The van der Waals surface area contributed by atoms with Crippen LogP contribution in [-0.2, 0) is 11.2 Å². The number of carbonyl (C=O) groups excluding carboxylic acids is 1. The maximum absolute atomic E-state index is 13.3. The molecular weight excluding hydrogens is 476 g/mol. The quantitative estimate of drug-likeness (QED) is 0.173. The van der Waals surface area contributed by atoms with Crippen molar-refractivity contribution in [1.82, 2.24) is 10.3 Å². The zero-order valence-electron chi connectivity index (χ0n) is 22.7. The number of carbonyl (C=O) groups is 1. The molecule has 3 rings (SSSR count). The van der Waals surface area contributed by atoms with Gasteiger partial charge in [0.15, 0.2) is 0 Å². The van der Waals surface area contributed by atoms with Gasteiger partial charge in [0.1, 0.15) is 5.01 Å². The summed E-state index contributed by atoms with van der Waals surface area (Å²) < 4.78 is 6.72. The average molecular weight is 517 g/mol. The first-order valence-corrected chi connectivity index (χ1v) is 14.2. The monoisotopic (exact) mass is 516 g/mol. The smallest absolute Gasteiger partial charge is 0.257 e. The zero-order chi connectivity index (χ0) is 26.6. The van der Waals surface area contributed by atoms with Crippen LogP contribution in [0.5, 0.6) is 0 Å². The van der Waals surface area contributed by atoms with E-state index in [2.05, 4.69) is 50.0 Å². The van der Waals surface area contributed by atoms with Crippen molar-refractivity contribution in [3.8, 4) is 10.6 Å². The third-order valence-corrected chi connectivity index (χ3v) is 7.54. The third-order valence-electron chi connectivity index (χ3n) is 6.47. The van der Waals surface area contributed by atoms with Gasteiger partial charge in [-0.3, -0.25) is 4.79 Å². The molecule has 0 radical (unpaired) electrons.